The highest BCUT2D eigenvalue weighted by atomic mass is 16.5. The minimum absolute atomic E-state index is 0.455. The summed E-state index contributed by atoms with van der Waals surface area (Å²) >= 11 is 0. The topological polar surface area (TPSA) is 72.3 Å². The van der Waals surface area contributed by atoms with E-state index in [0.29, 0.717) is 35.4 Å². The van der Waals surface area contributed by atoms with Gasteiger partial charge in [0.05, 0.1) is 17.8 Å². The van der Waals surface area contributed by atoms with Crippen molar-refractivity contribution in [1.82, 2.24) is 0 Å². The first-order valence-electron chi connectivity index (χ1n) is 9.31. The Labute approximate surface area is 168 Å². The largest absolute Gasteiger partial charge is 0.493 e. The summed E-state index contributed by atoms with van der Waals surface area (Å²) < 4.78 is 11.4. The number of ether oxygens (including phenoxy) is 2. The van der Waals surface area contributed by atoms with Crippen molar-refractivity contribution in [3.05, 3.63) is 88.1 Å². The van der Waals surface area contributed by atoms with Crippen LogP contribution < -0.4 is 25.5 Å². The van der Waals surface area contributed by atoms with Gasteiger partial charge in [-0.05, 0) is 48.4 Å². The van der Waals surface area contributed by atoms with Gasteiger partial charge >= 0.3 is 6.03 Å². The number of carbonyl (C=O) groups is 1. The van der Waals surface area contributed by atoms with Crippen LogP contribution in [0.2, 0.25) is 0 Å². The number of hydrogen-bond acceptors (Lipinski definition) is 4. The summed E-state index contributed by atoms with van der Waals surface area (Å²) in [7, 11) is 1.63. The number of fused-ring (bicyclic) bond motifs is 1. The van der Waals surface area contributed by atoms with Gasteiger partial charge in [0.2, 0.25) is 0 Å². The predicted octanol–water partition coefficient (Wildman–Crippen LogP) is 3.57. The van der Waals surface area contributed by atoms with Gasteiger partial charge in [-0.3, -0.25) is 0 Å². The normalized spacial score (nSPS) is 12.0. The van der Waals surface area contributed by atoms with Gasteiger partial charge in [-0.25, -0.2) is 4.79 Å². The molecule has 3 aromatic carbocycles. The lowest BCUT2D eigenvalue weighted by atomic mass is 10.1. The summed E-state index contributed by atoms with van der Waals surface area (Å²) in [6.45, 7) is 3.14. The Bertz CT molecular complexity index is 1170. The third-order valence-corrected chi connectivity index (χ3v) is 4.65. The Balaban J connectivity index is 1.42. The van der Waals surface area contributed by atoms with Crippen molar-refractivity contribution in [3.8, 4) is 11.5 Å². The third-order valence-electron chi connectivity index (χ3n) is 4.65. The van der Waals surface area contributed by atoms with E-state index in [1.54, 1.807) is 13.2 Å². The van der Waals surface area contributed by atoms with Crippen molar-refractivity contribution >= 4 is 11.7 Å². The number of benzene rings is 3. The Morgan fingerprint density at radius 2 is 1.62 bits per heavy atom. The zero-order valence-electron chi connectivity index (χ0n) is 16.3. The second-order valence-corrected chi connectivity index (χ2v) is 6.82. The summed E-state index contributed by atoms with van der Waals surface area (Å²) in [5.41, 5.74) is 4.25. The summed E-state index contributed by atoms with van der Waals surface area (Å²) in [5.74, 6) is 1.39. The number of methoxy groups -OCH3 is 1. The van der Waals surface area contributed by atoms with Crippen LogP contribution in [0.1, 0.15) is 16.7 Å². The number of rotatable bonds is 7. The highest BCUT2D eigenvalue weighted by Gasteiger charge is 2.08. The van der Waals surface area contributed by atoms with Crippen molar-refractivity contribution in [2.24, 2.45) is 9.98 Å². The molecule has 0 aliphatic carbocycles. The molecule has 6 nitrogen and oxygen atoms in total. The number of carbonyl (C=O) groups excluding carboxylic acids is 1. The third kappa shape index (κ3) is 4.43. The molecule has 0 radical (unpaired) electrons. The molecular formula is C23H21N3O3. The smallest absolute Gasteiger partial charge is 0.368 e. The Kier molecular flexibility index (Phi) is 5.24. The minimum Gasteiger partial charge on any atom is -0.493 e. The quantitative estimate of drug-likeness (QED) is 0.673. The molecule has 2 amide bonds. The lowest BCUT2D eigenvalue weighted by Crippen LogP contribution is -2.21. The standard InChI is InChI=1S/C23H21N3O3/c1-15-3-5-16(6-4-15)14-29-21-10-7-17(11-22(21)28-2)13-24-18-8-9-19-20(12-18)26-23(27)25-19/h3-12,24H,13-14H2,1-2H3. The number of nitrogens with one attached hydrogen (secondary N) is 1. The first kappa shape index (κ1) is 18.7. The fourth-order valence-corrected chi connectivity index (χ4v) is 3.04. The molecule has 0 spiro atoms. The van der Waals surface area contributed by atoms with Crippen LogP contribution in [0.5, 0.6) is 11.5 Å². The minimum atomic E-state index is -0.455. The molecule has 146 valence electrons. The van der Waals surface area contributed by atoms with Gasteiger partial charge in [0, 0.05) is 12.2 Å². The van der Waals surface area contributed by atoms with Crippen molar-refractivity contribution < 1.29 is 14.3 Å². The number of anilines is 1. The number of hydrogen-bond donors (Lipinski definition) is 1. The number of amides is 2. The van der Waals surface area contributed by atoms with Gasteiger partial charge in [-0.15, -0.1) is 0 Å². The fourth-order valence-electron chi connectivity index (χ4n) is 3.04. The molecule has 0 saturated heterocycles. The molecule has 0 aromatic heterocycles. The molecule has 0 atom stereocenters. The molecule has 6 heteroatoms. The molecule has 1 N–H and O–H groups in total. The molecule has 4 rings (SSSR count). The van der Waals surface area contributed by atoms with Crippen LogP contribution in [-0.4, -0.2) is 13.1 Å². The van der Waals surface area contributed by atoms with Gasteiger partial charge in [0.1, 0.15) is 6.61 Å². The van der Waals surface area contributed by atoms with Crippen molar-refractivity contribution in [1.29, 1.82) is 0 Å². The SMILES string of the molecule is COc1cc(CNc2ccc3c(c2)=NC(=O)N=3)ccc1OCc1ccc(C)cc1. The van der Waals surface area contributed by atoms with E-state index >= 15 is 0 Å². The summed E-state index contributed by atoms with van der Waals surface area (Å²) in [6, 6.07) is 19.2. The molecule has 0 bridgehead atoms. The van der Waals surface area contributed by atoms with Crippen LogP contribution in [0.25, 0.3) is 0 Å². The molecule has 0 unspecified atom stereocenters. The zero-order chi connectivity index (χ0) is 20.2. The second kappa shape index (κ2) is 8.14. The van der Waals surface area contributed by atoms with Gasteiger partial charge in [0.15, 0.2) is 11.5 Å². The number of urea groups is 1. The highest BCUT2D eigenvalue weighted by Crippen LogP contribution is 2.29. The lowest BCUT2D eigenvalue weighted by Gasteiger charge is -2.13. The summed E-state index contributed by atoms with van der Waals surface area (Å²) in [5, 5.41) is 4.53. The van der Waals surface area contributed by atoms with Crippen molar-refractivity contribution in [2.45, 2.75) is 20.1 Å². The molecule has 29 heavy (non-hydrogen) atoms. The Morgan fingerprint density at radius 3 is 2.41 bits per heavy atom. The van der Waals surface area contributed by atoms with Gasteiger partial charge < -0.3 is 14.8 Å². The maximum absolute atomic E-state index is 11.3. The predicted molar refractivity (Wildman–Crippen MR) is 110 cm³/mol. The van der Waals surface area contributed by atoms with Gasteiger partial charge in [0.25, 0.3) is 0 Å². The summed E-state index contributed by atoms with van der Waals surface area (Å²) in [4.78, 5) is 19.0. The molecule has 3 aromatic rings. The van der Waals surface area contributed by atoms with Crippen LogP contribution in [0.3, 0.4) is 0 Å². The molecule has 1 aliphatic heterocycles. The maximum Gasteiger partial charge on any atom is 0.368 e. The van der Waals surface area contributed by atoms with Gasteiger partial charge in [-0.2, -0.15) is 9.98 Å². The zero-order valence-corrected chi connectivity index (χ0v) is 16.3. The van der Waals surface area contributed by atoms with E-state index < -0.39 is 6.03 Å². The van der Waals surface area contributed by atoms with E-state index in [9.17, 15) is 4.79 Å². The van der Waals surface area contributed by atoms with Crippen LogP contribution in [-0.2, 0) is 13.2 Å². The average Bonchev–Trinajstić information content (AvgIpc) is 3.11. The number of aryl methyl sites for hydroxylation is 1. The summed E-state index contributed by atoms with van der Waals surface area (Å²) in [6.07, 6.45) is 0. The van der Waals surface area contributed by atoms with Crippen molar-refractivity contribution in [3.63, 3.8) is 0 Å². The molecule has 1 aliphatic rings. The van der Waals surface area contributed by atoms with E-state index in [4.69, 9.17) is 9.47 Å². The Hall–Kier alpha value is -3.67. The van der Waals surface area contributed by atoms with E-state index in [1.165, 1.54) is 5.56 Å². The Morgan fingerprint density at radius 1 is 0.862 bits per heavy atom. The monoisotopic (exact) mass is 387 g/mol. The van der Waals surface area contributed by atoms with E-state index in [1.807, 2.05) is 30.3 Å². The van der Waals surface area contributed by atoms with Crippen LogP contribution in [0, 0.1) is 6.92 Å². The molecular weight excluding hydrogens is 366 g/mol. The highest BCUT2D eigenvalue weighted by molar-refractivity contribution is 5.77. The molecule has 0 saturated carbocycles. The molecule has 0 fully saturated rings. The lowest BCUT2D eigenvalue weighted by molar-refractivity contribution is 0.256. The molecule has 1 heterocycles. The van der Waals surface area contributed by atoms with Gasteiger partial charge in [-0.1, -0.05) is 35.9 Å². The fraction of sp³-hybridized carbons (Fsp3) is 0.174. The van der Waals surface area contributed by atoms with E-state index in [-0.39, 0.29) is 0 Å². The first-order valence-corrected chi connectivity index (χ1v) is 9.31. The van der Waals surface area contributed by atoms with E-state index in [0.717, 1.165) is 16.8 Å². The average molecular weight is 387 g/mol. The maximum atomic E-state index is 11.3. The van der Waals surface area contributed by atoms with Crippen molar-refractivity contribution in [2.75, 3.05) is 12.4 Å². The van der Waals surface area contributed by atoms with Crippen LogP contribution >= 0.6 is 0 Å². The number of nitrogens with zero attached hydrogens (tertiary/aromatic N) is 2. The van der Waals surface area contributed by atoms with E-state index in [2.05, 4.69) is 46.5 Å². The van der Waals surface area contributed by atoms with Crippen LogP contribution in [0.15, 0.2) is 70.6 Å². The van der Waals surface area contributed by atoms with Crippen LogP contribution in [0.4, 0.5) is 10.5 Å². The first-order chi connectivity index (χ1) is 14.1. The second-order valence-electron chi connectivity index (χ2n) is 6.82.